The van der Waals surface area contributed by atoms with Crippen LogP contribution in [-0.4, -0.2) is 35.7 Å². The minimum atomic E-state index is 0.0761. The van der Waals surface area contributed by atoms with Gasteiger partial charge in [-0.15, -0.1) is 0 Å². The van der Waals surface area contributed by atoms with E-state index in [4.69, 9.17) is 14.5 Å². The fourth-order valence-electron chi connectivity index (χ4n) is 4.10. The van der Waals surface area contributed by atoms with Crippen molar-refractivity contribution in [3.63, 3.8) is 0 Å². The molecule has 0 radical (unpaired) electrons. The van der Waals surface area contributed by atoms with Crippen LogP contribution in [-0.2, 0) is 24.2 Å². The van der Waals surface area contributed by atoms with Crippen LogP contribution in [0.3, 0.4) is 0 Å². The van der Waals surface area contributed by atoms with Crippen LogP contribution in [0.25, 0.3) is 11.0 Å². The van der Waals surface area contributed by atoms with Gasteiger partial charge in [-0.1, -0.05) is 42.5 Å². The lowest BCUT2D eigenvalue weighted by molar-refractivity contribution is -0.121. The molecule has 0 saturated heterocycles. The predicted molar refractivity (Wildman–Crippen MR) is 139 cm³/mol. The minimum Gasteiger partial charge on any atom is -0.497 e. The number of para-hydroxylation sites is 2. The van der Waals surface area contributed by atoms with Crippen molar-refractivity contribution in [1.29, 1.82) is 0 Å². The molecule has 0 fully saturated rings. The van der Waals surface area contributed by atoms with Gasteiger partial charge < -0.3 is 19.4 Å². The average Bonchev–Trinajstić information content (AvgIpc) is 3.25. The number of rotatable bonds is 13. The van der Waals surface area contributed by atoms with Crippen LogP contribution in [0.15, 0.2) is 78.9 Å². The summed E-state index contributed by atoms with van der Waals surface area (Å²) >= 11 is 0. The van der Waals surface area contributed by atoms with E-state index in [1.807, 2.05) is 60.7 Å². The van der Waals surface area contributed by atoms with Gasteiger partial charge in [0.1, 0.15) is 17.3 Å². The van der Waals surface area contributed by atoms with Crippen molar-refractivity contribution >= 4 is 16.9 Å². The van der Waals surface area contributed by atoms with E-state index in [2.05, 4.69) is 28.1 Å². The van der Waals surface area contributed by atoms with E-state index >= 15 is 0 Å². The Morgan fingerprint density at radius 1 is 0.886 bits per heavy atom. The van der Waals surface area contributed by atoms with Crippen molar-refractivity contribution in [3.8, 4) is 11.5 Å². The number of methoxy groups -OCH3 is 1. The van der Waals surface area contributed by atoms with Crippen LogP contribution in [0.5, 0.6) is 11.5 Å². The summed E-state index contributed by atoms with van der Waals surface area (Å²) in [6.45, 7) is 2.10. The number of unbranched alkanes of at least 4 members (excludes halogenated alkanes) is 1. The number of aryl methyl sites for hydroxylation is 2. The maximum Gasteiger partial charge on any atom is 0.220 e. The van der Waals surface area contributed by atoms with E-state index in [1.165, 1.54) is 5.56 Å². The third kappa shape index (κ3) is 7.09. The number of imidazole rings is 1. The van der Waals surface area contributed by atoms with E-state index in [-0.39, 0.29) is 5.91 Å². The molecule has 6 heteroatoms. The Balaban J connectivity index is 1.25. The third-order valence-electron chi connectivity index (χ3n) is 5.99. The Hall–Kier alpha value is -3.80. The predicted octanol–water partition coefficient (Wildman–Crippen LogP) is 5.20. The lowest BCUT2D eigenvalue weighted by atomic mass is 10.1. The van der Waals surface area contributed by atoms with Crippen molar-refractivity contribution in [2.24, 2.45) is 0 Å². The molecule has 0 atom stereocenters. The zero-order chi connectivity index (χ0) is 24.3. The van der Waals surface area contributed by atoms with E-state index < -0.39 is 0 Å². The van der Waals surface area contributed by atoms with E-state index in [9.17, 15) is 4.79 Å². The van der Waals surface area contributed by atoms with Crippen molar-refractivity contribution in [2.75, 3.05) is 20.3 Å². The Bertz CT molecular complexity index is 1200. The normalized spacial score (nSPS) is 10.9. The number of hydrogen-bond donors (Lipinski definition) is 1. The molecule has 4 aromatic rings. The van der Waals surface area contributed by atoms with Crippen LogP contribution in [0.4, 0.5) is 0 Å². The number of nitrogens with one attached hydrogen (secondary N) is 1. The van der Waals surface area contributed by atoms with E-state index in [1.54, 1.807) is 7.11 Å². The van der Waals surface area contributed by atoms with Gasteiger partial charge in [0.2, 0.25) is 5.91 Å². The summed E-state index contributed by atoms with van der Waals surface area (Å²) in [5.74, 6) is 2.75. The van der Waals surface area contributed by atoms with Gasteiger partial charge in [0.15, 0.2) is 0 Å². The SMILES string of the molecule is COc1ccc(OCCCCn2c(CCNC(=O)CCc3ccccc3)nc3ccccc32)cc1. The standard InChI is InChI=1S/C29H33N3O3/c1-34-24-14-16-25(17-15-24)35-22-8-7-21-32-27-12-6-5-11-26(27)31-28(32)19-20-30-29(33)18-13-23-9-3-2-4-10-23/h2-6,9-12,14-17H,7-8,13,18-22H2,1H3,(H,30,33). The molecule has 182 valence electrons. The van der Waals surface area contributed by atoms with Crippen LogP contribution in [0.1, 0.15) is 30.7 Å². The summed E-state index contributed by atoms with van der Waals surface area (Å²) < 4.78 is 13.3. The molecule has 1 heterocycles. The van der Waals surface area contributed by atoms with Crippen LogP contribution in [0, 0.1) is 0 Å². The molecule has 3 aromatic carbocycles. The summed E-state index contributed by atoms with van der Waals surface area (Å²) in [5, 5.41) is 3.05. The minimum absolute atomic E-state index is 0.0761. The van der Waals surface area contributed by atoms with Gasteiger partial charge in [-0.05, 0) is 61.2 Å². The fraction of sp³-hybridized carbons (Fsp3) is 0.310. The lowest BCUT2D eigenvalue weighted by Gasteiger charge is -2.11. The first kappa shape index (κ1) is 24.3. The molecule has 1 amide bonds. The molecule has 0 aliphatic heterocycles. The molecule has 4 rings (SSSR count). The molecule has 0 unspecified atom stereocenters. The molecule has 35 heavy (non-hydrogen) atoms. The second-order valence-corrected chi connectivity index (χ2v) is 8.49. The van der Waals surface area contributed by atoms with Crippen molar-refractivity contribution in [2.45, 2.75) is 38.6 Å². The number of benzene rings is 3. The number of hydrogen-bond acceptors (Lipinski definition) is 4. The number of carbonyl (C=O) groups excluding carboxylic acids is 1. The molecule has 1 aromatic heterocycles. The number of aromatic nitrogens is 2. The maximum atomic E-state index is 12.3. The smallest absolute Gasteiger partial charge is 0.220 e. The summed E-state index contributed by atoms with van der Waals surface area (Å²) in [4.78, 5) is 17.1. The average molecular weight is 472 g/mol. The molecule has 0 saturated carbocycles. The maximum absolute atomic E-state index is 12.3. The highest BCUT2D eigenvalue weighted by atomic mass is 16.5. The zero-order valence-corrected chi connectivity index (χ0v) is 20.3. The van der Waals surface area contributed by atoms with Crippen molar-refractivity contribution in [3.05, 3.63) is 90.3 Å². The Labute approximate surface area is 206 Å². The second-order valence-electron chi connectivity index (χ2n) is 8.49. The lowest BCUT2D eigenvalue weighted by Crippen LogP contribution is -2.26. The Kier molecular flexibility index (Phi) is 8.76. The van der Waals surface area contributed by atoms with Crippen LogP contribution in [0.2, 0.25) is 0 Å². The molecule has 0 aliphatic carbocycles. The highest BCUT2D eigenvalue weighted by Crippen LogP contribution is 2.19. The first-order valence-electron chi connectivity index (χ1n) is 12.2. The highest BCUT2D eigenvalue weighted by Gasteiger charge is 2.11. The number of fused-ring (bicyclic) bond motifs is 1. The highest BCUT2D eigenvalue weighted by molar-refractivity contribution is 5.77. The van der Waals surface area contributed by atoms with Gasteiger partial charge in [-0.3, -0.25) is 4.79 Å². The quantitative estimate of drug-likeness (QED) is 0.272. The molecule has 0 aliphatic rings. The van der Waals surface area contributed by atoms with Crippen LogP contribution >= 0.6 is 0 Å². The molecule has 1 N–H and O–H groups in total. The summed E-state index contributed by atoms with van der Waals surface area (Å²) in [5.41, 5.74) is 3.31. The van der Waals surface area contributed by atoms with Gasteiger partial charge in [0, 0.05) is 25.9 Å². The van der Waals surface area contributed by atoms with Gasteiger partial charge in [-0.2, -0.15) is 0 Å². The zero-order valence-electron chi connectivity index (χ0n) is 20.3. The number of ether oxygens (including phenoxy) is 2. The summed E-state index contributed by atoms with van der Waals surface area (Å²) in [6.07, 6.45) is 3.87. The van der Waals surface area contributed by atoms with Crippen LogP contribution < -0.4 is 14.8 Å². The Morgan fingerprint density at radius 2 is 1.63 bits per heavy atom. The van der Waals surface area contributed by atoms with E-state index in [0.29, 0.717) is 26.0 Å². The number of carbonyl (C=O) groups is 1. The molecular formula is C29H33N3O3. The van der Waals surface area contributed by atoms with Gasteiger partial charge in [-0.25, -0.2) is 4.98 Å². The largest absolute Gasteiger partial charge is 0.497 e. The first-order chi connectivity index (χ1) is 17.2. The number of amides is 1. The molecule has 6 nitrogen and oxygen atoms in total. The molecular weight excluding hydrogens is 438 g/mol. The number of nitrogens with zero attached hydrogens (tertiary/aromatic N) is 2. The second kappa shape index (κ2) is 12.6. The van der Waals surface area contributed by atoms with Crippen molar-refractivity contribution < 1.29 is 14.3 Å². The Morgan fingerprint density at radius 3 is 2.43 bits per heavy atom. The van der Waals surface area contributed by atoms with Gasteiger partial charge in [0.25, 0.3) is 0 Å². The van der Waals surface area contributed by atoms with Crippen molar-refractivity contribution in [1.82, 2.24) is 14.9 Å². The molecule has 0 bridgehead atoms. The summed E-state index contributed by atoms with van der Waals surface area (Å²) in [6, 6.07) is 26.0. The third-order valence-corrected chi connectivity index (χ3v) is 5.99. The summed E-state index contributed by atoms with van der Waals surface area (Å²) in [7, 11) is 1.66. The molecule has 0 spiro atoms. The van der Waals surface area contributed by atoms with Gasteiger partial charge >= 0.3 is 0 Å². The fourth-order valence-corrected chi connectivity index (χ4v) is 4.10. The topological polar surface area (TPSA) is 65.4 Å². The first-order valence-corrected chi connectivity index (χ1v) is 12.2. The monoisotopic (exact) mass is 471 g/mol. The van der Waals surface area contributed by atoms with Gasteiger partial charge in [0.05, 0.1) is 24.8 Å². The van der Waals surface area contributed by atoms with E-state index in [0.717, 1.165) is 54.2 Å².